The van der Waals surface area contributed by atoms with Crippen molar-refractivity contribution in [3.05, 3.63) is 36.0 Å². The predicted molar refractivity (Wildman–Crippen MR) is 94.7 cm³/mol. The summed E-state index contributed by atoms with van der Waals surface area (Å²) in [5.74, 6) is 9.15. The van der Waals surface area contributed by atoms with Crippen molar-refractivity contribution >= 4 is 11.8 Å². The van der Waals surface area contributed by atoms with E-state index >= 15 is 0 Å². The second-order valence-electron chi connectivity index (χ2n) is 6.46. The number of methoxy groups -OCH3 is 1. The molecule has 3 aromatic rings. The topological polar surface area (TPSA) is 105 Å². The van der Waals surface area contributed by atoms with E-state index in [1.54, 1.807) is 7.11 Å². The van der Waals surface area contributed by atoms with Crippen molar-refractivity contribution in [2.24, 2.45) is 0 Å². The van der Waals surface area contributed by atoms with Crippen LogP contribution in [0.5, 0.6) is 5.75 Å². The molecule has 0 saturated heterocycles. The Morgan fingerprint density at radius 1 is 1.20 bits per heavy atom. The van der Waals surface area contributed by atoms with Crippen LogP contribution in [0.25, 0.3) is 11.4 Å². The summed E-state index contributed by atoms with van der Waals surface area (Å²) in [6, 6.07) is 7.47. The number of nitrogens with two attached hydrogens (primary N) is 1. The van der Waals surface area contributed by atoms with Crippen molar-refractivity contribution in [3.8, 4) is 17.1 Å². The van der Waals surface area contributed by atoms with E-state index in [1.165, 1.54) is 16.4 Å². The van der Waals surface area contributed by atoms with Gasteiger partial charge in [0.25, 0.3) is 0 Å². The first-order valence-corrected chi connectivity index (χ1v) is 8.68. The number of rotatable bonds is 5. The van der Waals surface area contributed by atoms with Crippen molar-refractivity contribution < 1.29 is 9.26 Å². The van der Waals surface area contributed by atoms with Gasteiger partial charge in [-0.2, -0.15) is 4.98 Å². The largest absolute Gasteiger partial charge is 0.497 e. The molecule has 0 spiro atoms. The Labute approximate surface area is 149 Å². The third-order valence-corrected chi connectivity index (χ3v) is 4.40. The van der Waals surface area contributed by atoms with Crippen LogP contribution in [0.1, 0.15) is 32.5 Å². The van der Waals surface area contributed by atoms with E-state index in [1.807, 2.05) is 45.0 Å². The Hall–Kier alpha value is -2.55. The summed E-state index contributed by atoms with van der Waals surface area (Å²) in [5.41, 5.74) is 0.706. The molecule has 2 aromatic heterocycles. The van der Waals surface area contributed by atoms with Gasteiger partial charge >= 0.3 is 0 Å². The molecule has 25 heavy (non-hydrogen) atoms. The SMILES string of the molecule is COc1ccc(-c2nnc(SCc3nc(C(C)(C)C)no3)n2N)cc1. The maximum absolute atomic E-state index is 6.12. The Balaban J connectivity index is 1.72. The Morgan fingerprint density at radius 3 is 2.52 bits per heavy atom. The van der Waals surface area contributed by atoms with Crippen LogP contribution < -0.4 is 10.6 Å². The fourth-order valence-electron chi connectivity index (χ4n) is 2.06. The summed E-state index contributed by atoms with van der Waals surface area (Å²) in [5, 5.41) is 12.9. The summed E-state index contributed by atoms with van der Waals surface area (Å²) >= 11 is 1.39. The molecule has 8 nitrogen and oxygen atoms in total. The van der Waals surface area contributed by atoms with Crippen LogP contribution >= 0.6 is 11.8 Å². The van der Waals surface area contributed by atoms with E-state index in [2.05, 4.69) is 20.3 Å². The lowest BCUT2D eigenvalue weighted by Gasteiger charge is -2.10. The quantitative estimate of drug-likeness (QED) is 0.547. The number of ether oxygens (including phenoxy) is 1. The molecule has 1 aromatic carbocycles. The van der Waals surface area contributed by atoms with Crippen LogP contribution in [0, 0.1) is 0 Å². The van der Waals surface area contributed by atoms with E-state index in [-0.39, 0.29) is 5.41 Å². The summed E-state index contributed by atoms with van der Waals surface area (Å²) < 4.78 is 11.9. The highest BCUT2D eigenvalue weighted by molar-refractivity contribution is 7.98. The van der Waals surface area contributed by atoms with E-state index in [0.717, 1.165) is 11.3 Å². The molecule has 0 bridgehead atoms. The molecule has 0 unspecified atom stereocenters. The minimum atomic E-state index is -0.151. The molecule has 2 N–H and O–H groups in total. The number of hydrogen-bond acceptors (Lipinski definition) is 8. The lowest BCUT2D eigenvalue weighted by molar-refractivity contribution is 0.372. The zero-order valence-electron chi connectivity index (χ0n) is 14.6. The highest BCUT2D eigenvalue weighted by atomic mass is 32.2. The normalized spacial score (nSPS) is 11.7. The minimum Gasteiger partial charge on any atom is -0.497 e. The number of benzene rings is 1. The number of thioether (sulfide) groups is 1. The van der Waals surface area contributed by atoms with Gasteiger partial charge in [-0.05, 0) is 24.3 Å². The van der Waals surface area contributed by atoms with Gasteiger partial charge in [0.05, 0.1) is 12.9 Å². The highest BCUT2D eigenvalue weighted by Crippen LogP contribution is 2.26. The fraction of sp³-hybridized carbons (Fsp3) is 0.375. The van der Waals surface area contributed by atoms with Crippen LogP contribution in [0.2, 0.25) is 0 Å². The second-order valence-corrected chi connectivity index (χ2v) is 7.40. The van der Waals surface area contributed by atoms with Crippen LogP contribution in [0.15, 0.2) is 33.9 Å². The molecule has 0 fully saturated rings. The monoisotopic (exact) mass is 360 g/mol. The number of nitrogen functional groups attached to an aromatic ring is 1. The average molecular weight is 360 g/mol. The molecule has 0 radical (unpaired) electrons. The molecule has 2 heterocycles. The predicted octanol–water partition coefficient (Wildman–Crippen LogP) is 2.64. The van der Waals surface area contributed by atoms with E-state index < -0.39 is 0 Å². The average Bonchev–Trinajstić information content (AvgIpc) is 3.20. The first-order valence-electron chi connectivity index (χ1n) is 7.69. The lowest BCUT2D eigenvalue weighted by atomic mass is 9.96. The van der Waals surface area contributed by atoms with E-state index in [4.69, 9.17) is 15.1 Å². The molecule has 0 amide bonds. The summed E-state index contributed by atoms with van der Waals surface area (Å²) in [4.78, 5) is 4.40. The molecule has 132 valence electrons. The molecule has 0 aliphatic carbocycles. The van der Waals surface area contributed by atoms with Gasteiger partial charge in [-0.1, -0.05) is 37.7 Å². The maximum atomic E-state index is 6.12. The Bertz CT molecular complexity index is 850. The summed E-state index contributed by atoms with van der Waals surface area (Å²) in [6.07, 6.45) is 0. The van der Waals surface area contributed by atoms with Crippen molar-refractivity contribution in [1.29, 1.82) is 0 Å². The van der Waals surface area contributed by atoms with Crippen LogP contribution in [-0.2, 0) is 11.2 Å². The first kappa shape index (κ1) is 17.3. The summed E-state index contributed by atoms with van der Waals surface area (Å²) in [7, 11) is 1.62. The zero-order valence-corrected chi connectivity index (χ0v) is 15.4. The van der Waals surface area contributed by atoms with E-state index in [0.29, 0.717) is 28.4 Å². The molecule has 0 saturated carbocycles. The van der Waals surface area contributed by atoms with Crippen LogP contribution in [0.3, 0.4) is 0 Å². The van der Waals surface area contributed by atoms with Gasteiger partial charge in [0.15, 0.2) is 11.6 Å². The number of aromatic nitrogens is 5. The smallest absolute Gasteiger partial charge is 0.237 e. The van der Waals surface area contributed by atoms with Crippen molar-refractivity contribution in [1.82, 2.24) is 25.0 Å². The molecule has 3 rings (SSSR count). The second kappa shape index (κ2) is 6.75. The molecule has 0 aliphatic rings. The van der Waals surface area contributed by atoms with Crippen LogP contribution in [0.4, 0.5) is 0 Å². The molecule has 0 aliphatic heterocycles. The van der Waals surface area contributed by atoms with Gasteiger partial charge in [-0.3, -0.25) is 0 Å². The minimum absolute atomic E-state index is 0.151. The number of hydrogen-bond donors (Lipinski definition) is 1. The standard InChI is InChI=1S/C16H20N6O2S/c1-16(2,3)14-18-12(24-21-14)9-25-15-20-19-13(22(15)17)10-5-7-11(23-4)8-6-10/h5-8H,9,17H2,1-4H3. The van der Waals surface area contributed by atoms with Crippen molar-refractivity contribution in [2.45, 2.75) is 37.1 Å². The third-order valence-electron chi connectivity index (χ3n) is 3.48. The lowest BCUT2D eigenvalue weighted by Crippen LogP contribution is -2.13. The van der Waals surface area contributed by atoms with Gasteiger partial charge in [-0.15, -0.1) is 10.2 Å². The maximum Gasteiger partial charge on any atom is 0.237 e. The Morgan fingerprint density at radius 2 is 1.92 bits per heavy atom. The van der Waals surface area contributed by atoms with Gasteiger partial charge in [0, 0.05) is 11.0 Å². The molecule has 9 heteroatoms. The third kappa shape index (κ3) is 3.76. The van der Waals surface area contributed by atoms with Crippen LogP contribution in [-0.4, -0.2) is 32.1 Å². The van der Waals surface area contributed by atoms with Crippen molar-refractivity contribution in [3.63, 3.8) is 0 Å². The molecule has 0 atom stereocenters. The first-order chi connectivity index (χ1) is 11.9. The number of nitrogens with zero attached hydrogens (tertiary/aromatic N) is 5. The molecular formula is C16H20N6O2S. The Kier molecular flexibility index (Phi) is 4.67. The summed E-state index contributed by atoms with van der Waals surface area (Å²) in [6.45, 7) is 6.10. The zero-order chi connectivity index (χ0) is 18.0. The highest BCUT2D eigenvalue weighted by Gasteiger charge is 2.21. The van der Waals surface area contributed by atoms with Gasteiger partial charge in [-0.25, -0.2) is 4.68 Å². The van der Waals surface area contributed by atoms with Gasteiger partial charge < -0.3 is 15.1 Å². The fourth-order valence-corrected chi connectivity index (χ4v) is 2.75. The molecular weight excluding hydrogens is 340 g/mol. The van der Waals surface area contributed by atoms with E-state index in [9.17, 15) is 0 Å². The van der Waals surface area contributed by atoms with Crippen molar-refractivity contribution in [2.75, 3.05) is 13.0 Å². The van der Waals surface area contributed by atoms with Gasteiger partial charge in [0.2, 0.25) is 11.0 Å². The van der Waals surface area contributed by atoms with Gasteiger partial charge in [0.1, 0.15) is 5.75 Å².